The van der Waals surface area contributed by atoms with Crippen molar-refractivity contribution >= 4 is 11.6 Å². The zero-order valence-electron chi connectivity index (χ0n) is 11.1. The van der Waals surface area contributed by atoms with Gasteiger partial charge in [-0.25, -0.2) is 0 Å². The molecular weight excluding hydrogens is 244 g/mol. The highest BCUT2D eigenvalue weighted by Crippen LogP contribution is 2.27. The number of hydrogen-bond donors (Lipinski definition) is 1. The van der Waals surface area contributed by atoms with Crippen molar-refractivity contribution in [3.05, 3.63) is 46.5 Å². The average molecular weight is 265 g/mol. The highest BCUT2D eigenvalue weighted by molar-refractivity contribution is 6.30. The zero-order valence-corrected chi connectivity index (χ0v) is 11.8. The highest BCUT2D eigenvalue weighted by Gasteiger charge is 2.24. The van der Waals surface area contributed by atoms with Gasteiger partial charge in [0.25, 0.3) is 0 Å². The summed E-state index contributed by atoms with van der Waals surface area (Å²) in [7, 11) is 0. The van der Waals surface area contributed by atoms with Crippen LogP contribution < -0.4 is 5.73 Å². The number of rotatable bonds is 3. The van der Waals surface area contributed by atoms with Gasteiger partial charge in [-0.2, -0.15) is 0 Å². The van der Waals surface area contributed by atoms with Gasteiger partial charge in [-0.05, 0) is 38.0 Å². The summed E-state index contributed by atoms with van der Waals surface area (Å²) in [5.41, 5.74) is 8.91. The Morgan fingerprint density at radius 3 is 2.44 bits per heavy atom. The monoisotopic (exact) mass is 264 g/mol. The molecule has 98 valence electrons. The Kier molecular flexibility index (Phi) is 4.44. The van der Waals surface area contributed by atoms with E-state index in [1.807, 2.05) is 12.1 Å². The Balaban J connectivity index is 2.21. The molecule has 1 aromatic rings. The predicted molar refractivity (Wildman–Crippen MR) is 77.8 cm³/mol. The molecule has 2 unspecified atom stereocenters. The Hall–Kier alpha value is -0.830. The maximum absolute atomic E-state index is 6.18. The molecule has 0 saturated carbocycles. The van der Waals surface area contributed by atoms with Gasteiger partial charge in [-0.15, -0.1) is 0 Å². The Bertz CT molecular complexity index is 423. The van der Waals surface area contributed by atoms with E-state index < -0.39 is 0 Å². The van der Waals surface area contributed by atoms with Crippen LogP contribution >= 0.6 is 11.6 Å². The Morgan fingerprint density at radius 1 is 1.28 bits per heavy atom. The summed E-state index contributed by atoms with van der Waals surface area (Å²) >= 11 is 5.95. The molecule has 1 aromatic carbocycles. The summed E-state index contributed by atoms with van der Waals surface area (Å²) in [6.45, 7) is 6.34. The maximum atomic E-state index is 6.18. The van der Waals surface area contributed by atoms with Crippen molar-refractivity contribution in [3.63, 3.8) is 0 Å². The molecule has 18 heavy (non-hydrogen) atoms. The van der Waals surface area contributed by atoms with Crippen molar-refractivity contribution < 1.29 is 0 Å². The largest absolute Gasteiger partial charge is 0.326 e. The first-order valence-electron chi connectivity index (χ1n) is 6.48. The molecule has 3 heteroatoms. The van der Waals surface area contributed by atoms with Crippen LogP contribution in [0.1, 0.15) is 31.9 Å². The molecule has 0 spiro atoms. The van der Waals surface area contributed by atoms with Gasteiger partial charge in [0, 0.05) is 30.2 Å². The maximum Gasteiger partial charge on any atom is 0.0499 e. The lowest BCUT2D eigenvalue weighted by Gasteiger charge is -2.36. The van der Waals surface area contributed by atoms with E-state index in [-0.39, 0.29) is 12.1 Å². The SMILES string of the molecule is CC1=CCN(C(c2ccc(Cl)cc2)C(C)N)CC1. The fourth-order valence-electron chi connectivity index (χ4n) is 2.55. The van der Waals surface area contributed by atoms with Gasteiger partial charge in [0.15, 0.2) is 0 Å². The first kappa shape index (κ1) is 13.6. The third-order valence-electron chi connectivity index (χ3n) is 3.57. The van der Waals surface area contributed by atoms with Gasteiger partial charge < -0.3 is 5.73 Å². The molecule has 0 saturated heterocycles. The molecule has 0 fully saturated rings. The summed E-state index contributed by atoms with van der Waals surface area (Å²) in [5.74, 6) is 0. The van der Waals surface area contributed by atoms with E-state index in [2.05, 4.69) is 37.0 Å². The molecular formula is C15H21ClN2. The van der Waals surface area contributed by atoms with Crippen LogP contribution in [0.4, 0.5) is 0 Å². The van der Waals surface area contributed by atoms with E-state index in [4.69, 9.17) is 17.3 Å². The van der Waals surface area contributed by atoms with Crippen LogP contribution in [0.2, 0.25) is 5.02 Å². The molecule has 0 aliphatic carbocycles. The van der Waals surface area contributed by atoms with Gasteiger partial charge in [0.05, 0.1) is 0 Å². The van der Waals surface area contributed by atoms with Crippen LogP contribution in [-0.2, 0) is 0 Å². The minimum absolute atomic E-state index is 0.109. The fourth-order valence-corrected chi connectivity index (χ4v) is 2.67. The average Bonchev–Trinajstić information content (AvgIpc) is 2.34. The third-order valence-corrected chi connectivity index (χ3v) is 3.82. The smallest absolute Gasteiger partial charge is 0.0499 e. The minimum atomic E-state index is 0.109. The second kappa shape index (κ2) is 5.87. The van der Waals surface area contributed by atoms with Crippen molar-refractivity contribution in [2.24, 2.45) is 5.73 Å². The quantitative estimate of drug-likeness (QED) is 0.848. The normalized spacial score (nSPS) is 20.3. The fraction of sp³-hybridized carbons (Fsp3) is 0.467. The number of nitrogens with zero attached hydrogens (tertiary/aromatic N) is 1. The van der Waals surface area contributed by atoms with Gasteiger partial charge in [-0.3, -0.25) is 4.90 Å². The molecule has 0 bridgehead atoms. The molecule has 0 radical (unpaired) electrons. The number of halogens is 1. The van der Waals surface area contributed by atoms with E-state index in [9.17, 15) is 0 Å². The van der Waals surface area contributed by atoms with Crippen LogP contribution in [0.25, 0.3) is 0 Å². The topological polar surface area (TPSA) is 29.3 Å². The highest BCUT2D eigenvalue weighted by atomic mass is 35.5. The molecule has 2 N–H and O–H groups in total. The van der Waals surface area contributed by atoms with E-state index in [0.29, 0.717) is 0 Å². The zero-order chi connectivity index (χ0) is 13.1. The lowest BCUT2D eigenvalue weighted by atomic mass is 9.97. The summed E-state index contributed by atoms with van der Waals surface area (Å²) in [5, 5.41) is 0.775. The second-order valence-electron chi connectivity index (χ2n) is 5.15. The van der Waals surface area contributed by atoms with Crippen molar-refractivity contribution in [3.8, 4) is 0 Å². The van der Waals surface area contributed by atoms with Crippen LogP contribution in [0.15, 0.2) is 35.9 Å². The van der Waals surface area contributed by atoms with Crippen molar-refractivity contribution in [1.29, 1.82) is 0 Å². The molecule has 0 aromatic heterocycles. The van der Waals surface area contributed by atoms with Gasteiger partial charge in [0.1, 0.15) is 0 Å². The molecule has 2 nitrogen and oxygen atoms in total. The summed E-state index contributed by atoms with van der Waals surface area (Å²) < 4.78 is 0. The Morgan fingerprint density at radius 2 is 1.94 bits per heavy atom. The summed E-state index contributed by atoms with van der Waals surface area (Å²) in [4.78, 5) is 2.45. The van der Waals surface area contributed by atoms with Gasteiger partial charge >= 0.3 is 0 Å². The summed E-state index contributed by atoms with van der Waals surface area (Å²) in [6, 6.07) is 8.43. The lowest BCUT2D eigenvalue weighted by molar-refractivity contribution is 0.190. The molecule has 2 atom stereocenters. The van der Waals surface area contributed by atoms with Crippen molar-refractivity contribution in [1.82, 2.24) is 4.90 Å². The van der Waals surface area contributed by atoms with E-state index in [1.165, 1.54) is 11.1 Å². The Labute approximate surface area is 114 Å². The second-order valence-corrected chi connectivity index (χ2v) is 5.59. The molecule has 2 rings (SSSR count). The van der Waals surface area contributed by atoms with Crippen molar-refractivity contribution in [2.45, 2.75) is 32.4 Å². The van der Waals surface area contributed by atoms with Crippen LogP contribution in [0.5, 0.6) is 0 Å². The number of nitrogens with two attached hydrogens (primary N) is 1. The standard InChI is InChI=1S/C15H21ClN2/c1-11-7-9-18(10-8-11)15(12(2)17)13-3-5-14(16)6-4-13/h3-7,12,15H,8-10,17H2,1-2H3. The third kappa shape index (κ3) is 3.14. The van der Waals surface area contributed by atoms with E-state index in [0.717, 1.165) is 24.5 Å². The summed E-state index contributed by atoms with van der Waals surface area (Å²) in [6.07, 6.45) is 3.44. The molecule has 0 amide bonds. The first-order chi connectivity index (χ1) is 8.58. The van der Waals surface area contributed by atoms with Crippen molar-refractivity contribution in [2.75, 3.05) is 13.1 Å². The van der Waals surface area contributed by atoms with Gasteiger partial charge in [0.2, 0.25) is 0 Å². The van der Waals surface area contributed by atoms with Gasteiger partial charge in [-0.1, -0.05) is 35.4 Å². The number of hydrogen-bond acceptors (Lipinski definition) is 2. The molecule has 1 aliphatic heterocycles. The van der Waals surface area contributed by atoms with E-state index >= 15 is 0 Å². The lowest BCUT2D eigenvalue weighted by Crippen LogP contribution is -2.41. The van der Waals surface area contributed by atoms with Crippen LogP contribution in [0.3, 0.4) is 0 Å². The van der Waals surface area contributed by atoms with Crippen LogP contribution in [0, 0.1) is 0 Å². The predicted octanol–water partition coefficient (Wildman–Crippen LogP) is 3.38. The van der Waals surface area contributed by atoms with E-state index in [1.54, 1.807) is 0 Å². The molecule has 1 aliphatic rings. The first-order valence-corrected chi connectivity index (χ1v) is 6.86. The number of benzene rings is 1. The molecule has 1 heterocycles. The van der Waals surface area contributed by atoms with Crippen LogP contribution in [-0.4, -0.2) is 24.0 Å². The minimum Gasteiger partial charge on any atom is -0.326 e.